The molecule has 13 heteroatoms. The lowest BCUT2D eigenvalue weighted by Gasteiger charge is -2.36. The summed E-state index contributed by atoms with van der Waals surface area (Å²) in [4.78, 5) is 50.6. The number of amides is 3. The molecule has 3 amide bonds. The molecule has 2 saturated heterocycles. The van der Waals surface area contributed by atoms with Gasteiger partial charge < -0.3 is 14.7 Å². The summed E-state index contributed by atoms with van der Waals surface area (Å²) < 4.78 is 5.31. The van der Waals surface area contributed by atoms with E-state index in [0.717, 1.165) is 83.6 Å². The number of pyridine rings is 1. The number of benzene rings is 3. The minimum absolute atomic E-state index is 0.0217. The molecule has 58 heavy (non-hydrogen) atoms. The SMILES string of the molecule is Cc1cc(-c2[nH]nc3ncc(-c4ccc(N5CCN(CCc6ccc([C@@H]7CCC(=O)NC7=O)cc6)CC5)cc4)cc23)ccc1C(C)NC(=O)c1noc(C(C)(C)C)n1. The summed E-state index contributed by atoms with van der Waals surface area (Å²) >= 11 is 0. The molecule has 1 unspecified atom stereocenters. The molecule has 6 aromatic rings. The Morgan fingerprint density at radius 1 is 0.948 bits per heavy atom. The highest BCUT2D eigenvalue weighted by molar-refractivity contribution is 6.01. The lowest BCUT2D eigenvalue weighted by Crippen LogP contribution is -2.47. The number of piperidine rings is 1. The van der Waals surface area contributed by atoms with Crippen LogP contribution in [0.15, 0.2) is 83.5 Å². The number of H-pyrrole nitrogens is 1. The molecule has 2 aliphatic rings. The number of anilines is 1. The highest BCUT2D eigenvalue weighted by atomic mass is 16.5. The Morgan fingerprint density at radius 2 is 1.69 bits per heavy atom. The molecule has 3 aromatic carbocycles. The average molecular weight is 780 g/mol. The van der Waals surface area contributed by atoms with Crippen LogP contribution in [0.3, 0.4) is 0 Å². The van der Waals surface area contributed by atoms with Crippen molar-refractivity contribution in [2.75, 3.05) is 37.6 Å². The number of hydrogen-bond acceptors (Lipinski definition) is 10. The van der Waals surface area contributed by atoms with Gasteiger partial charge in [0.25, 0.3) is 11.7 Å². The summed E-state index contributed by atoms with van der Waals surface area (Å²) in [5, 5.41) is 18.0. The van der Waals surface area contributed by atoms with Crippen molar-refractivity contribution < 1.29 is 18.9 Å². The molecule has 2 fully saturated rings. The van der Waals surface area contributed by atoms with E-state index in [1.165, 1.54) is 11.3 Å². The Labute approximate surface area is 337 Å². The number of piperazine rings is 1. The fourth-order valence-corrected chi connectivity index (χ4v) is 7.86. The Hall–Kier alpha value is -6.21. The molecule has 3 aromatic heterocycles. The van der Waals surface area contributed by atoms with Crippen molar-refractivity contribution in [3.8, 4) is 22.4 Å². The Balaban J connectivity index is 0.865. The molecule has 2 atom stereocenters. The summed E-state index contributed by atoms with van der Waals surface area (Å²) in [5.41, 5.74) is 9.70. The standard InChI is InChI=1S/C45H49N9O4/c1-27-24-32(12-15-35(27)28(2)47-43(57)41-49-44(58-52-41)45(3,4)5)39-37-25-33(26-46-40(37)51-50-39)30-10-13-34(14-11-30)54-22-20-53(21-23-54)19-18-29-6-8-31(9-7-29)36-16-17-38(55)48-42(36)56/h6-15,24-26,28,36H,16-23H2,1-5H3,(H,47,57)(H,46,50,51)(H,48,55,56)/t28?,36-/m0/s1. The van der Waals surface area contributed by atoms with E-state index in [-0.39, 0.29) is 40.9 Å². The Kier molecular flexibility index (Phi) is 10.6. The van der Waals surface area contributed by atoms with Gasteiger partial charge in [-0.05, 0) is 78.8 Å². The van der Waals surface area contributed by atoms with E-state index in [1.807, 2.05) is 65.1 Å². The van der Waals surface area contributed by atoms with Crippen LogP contribution in [0.2, 0.25) is 0 Å². The number of imide groups is 1. The molecule has 2 aliphatic heterocycles. The van der Waals surface area contributed by atoms with Gasteiger partial charge in [-0.15, -0.1) is 0 Å². The zero-order chi connectivity index (χ0) is 40.6. The van der Waals surface area contributed by atoms with Gasteiger partial charge >= 0.3 is 0 Å². The normalized spacial score (nSPS) is 17.1. The molecular formula is C45H49N9O4. The van der Waals surface area contributed by atoms with Crippen LogP contribution in [0.4, 0.5) is 5.69 Å². The van der Waals surface area contributed by atoms with Crippen LogP contribution in [0.5, 0.6) is 0 Å². The van der Waals surface area contributed by atoms with E-state index in [1.54, 1.807) is 0 Å². The third-order valence-electron chi connectivity index (χ3n) is 11.3. The van der Waals surface area contributed by atoms with E-state index >= 15 is 0 Å². The van der Waals surface area contributed by atoms with E-state index < -0.39 is 0 Å². The van der Waals surface area contributed by atoms with Gasteiger partial charge in [0.15, 0.2) is 5.65 Å². The molecule has 298 valence electrons. The van der Waals surface area contributed by atoms with Crippen molar-refractivity contribution in [3.05, 3.63) is 113 Å². The van der Waals surface area contributed by atoms with Crippen molar-refractivity contribution in [2.24, 2.45) is 0 Å². The smallest absolute Gasteiger partial charge is 0.293 e. The largest absolute Gasteiger partial charge is 0.369 e. The lowest BCUT2D eigenvalue weighted by atomic mass is 9.90. The maximum atomic E-state index is 12.9. The maximum Gasteiger partial charge on any atom is 0.293 e. The van der Waals surface area contributed by atoms with E-state index in [4.69, 9.17) is 4.52 Å². The van der Waals surface area contributed by atoms with Crippen molar-refractivity contribution in [1.82, 2.24) is 40.9 Å². The zero-order valence-electron chi connectivity index (χ0n) is 33.6. The van der Waals surface area contributed by atoms with Crippen LogP contribution < -0.4 is 15.5 Å². The second-order valence-electron chi connectivity index (χ2n) is 16.5. The summed E-state index contributed by atoms with van der Waals surface area (Å²) in [7, 11) is 0. The molecule has 13 nitrogen and oxygen atoms in total. The van der Waals surface area contributed by atoms with Crippen LogP contribution in [0, 0.1) is 6.92 Å². The number of aromatic nitrogens is 5. The van der Waals surface area contributed by atoms with Gasteiger partial charge in [0.05, 0.1) is 17.7 Å². The van der Waals surface area contributed by atoms with Gasteiger partial charge in [0, 0.05) is 73.0 Å². The fraction of sp³-hybridized carbons (Fsp3) is 0.356. The third kappa shape index (κ3) is 8.26. The monoisotopic (exact) mass is 779 g/mol. The Morgan fingerprint density at radius 3 is 2.38 bits per heavy atom. The second kappa shape index (κ2) is 16.0. The number of nitrogens with zero attached hydrogens (tertiary/aromatic N) is 6. The molecule has 0 saturated carbocycles. The van der Waals surface area contributed by atoms with E-state index in [9.17, 15) is 14.4 Å². The van der Waals surface area contributed by atoms with Crippen molar-refractivity contribution in [3.63, 3.8) is 0 Å². The first-order valence-electron chi connectivity index (χ1n) is 20.0. The van der Waals surface area contributed by atoms with Crippen molar-refractivity contribution in [2.45, 2.75) is 71.3 Å². The third-order valence-corrected chi connectivity index (χ3v) is 11.3. The first kappa shape index (κ1) is 38.7. The Bertz CT molecular complexity index is 2460. The number of hydrogen-bond donors (Lipinski definition) is 3. The summed E-state index contributed by atoms with van der Waals surface area (Å²) in [5.74, 6) is -0.565. The van der Waals surface area contributed by atoms with Gasteiger partial charge in [-0.1, -0.05) is 74.5 Å². The number of aryl methyl sites for hydroxylation is 1. The number of aromatic amines is 1. The number of carbonyl (C=O) groups is 3. The predicted octanol–water partition coefficient (Wildman–Crippen LogP) is 6.66. The molecule has 0 radical (unpaired) electrons. The van der Waals surface area contributed by atoms with E-state index in [2.05, 4.69) is 94.3 Å². The second-order valence-corrected chi connectivity index (χ2v) is 16.5. The first-order chi connectivity index (χ1) is 27.9. The average Bonchev–Trinajstić information content (AvgIpc) is 3.89. The molecular weight excluding hydrogens is 731 g/mol. The zero-order valence-corrected chi connectivity index (χ0v) is 33.6. The van der Waals surface area contributed by atoms with Crippen LogP contribution in [0.25, 0.3) is 33.4 Å². The van der Waals surface area contributed by atoms with Crippen LogP contribution >= 0.6 is 0 Å². The molecule has 3 N–H and O–H groups in total. The number of nitrogens with one attached hydrogen (secondary N) is 3. The highest BCUT2D eigenvalue weighted by Crippen LogP contribution is 2.33. The van der Waals surface area contributed by atoms with Crippen LogP contribution in [-0.2, 0) is 21.4 Å². The topological polar surface area (TPSA) is 162 Å². The van der Waals surface area contributed by atoms with Crippen molar-refractivity contribution in [1.29, 1.82) is 0 Å². The van der Waals surface area contributed by atoms with E-state index in [0.29, 0.717) is 24.4 Å². The number of rotatable bonds is 10. The van der Waals surface area contributed by atoms with Crippen LogP contribution in [-0.4, -0.2) is 80.7 Å². The van der Waals surface area contributed by atoms with Crippen LogP contribution in [0.1, 0.15) is 91.3 Å². The molecule has 0 aliphatic carbocycles. The number of carbonyl (C=O) groups excluding carboxylic acids is 3. The van der Waals surface area contributed by atoms with Gasteiger partial charge in [-0.2, -0.15) is 10.1 Å². The van der Waals surface area contributed by atoms with Gasteiger partial charge in [-0.3, -0.25) is 29.7 Å². The molecule has 8 rings (SSSR count). The fourth-order valence-electron chi connectivity index (χ4n) is 7.86. The summed E-state index contributed by atoms with van der Waals surface area (Å²) in [6.07, 6.45) is 3.79. The maximum absolute atomic E-state index is 12.9. The van der Waals surface area contributed by atoms with Gasteiger partial charge in [-0.25, -0.2) is 4.98 Å². The molecule has 0 bridgehead atoms. The minimum atomic E-state index is -0.384. The highest BCUT2D eigenvalue weighted by Gasteiger charge is 2.28. The number of fused-ring (bicyclic) bond motifs is 1. The summed E-state index contributed by atoms with van der Waals surface area (Å²) in [6, 6.07) is 25.0. The first-order valence-corrected chi connectivity index (χ1v) is 20.0. The molecule has 0 spiro atoms. The minimum Gasteiger partial charge on any atom is -0.369 e. The predicted molar refractivity (Wildman–Crippen MR) is 222 cm³/mol. The van der Waals surface area contributed by atoms with Crippen molar-refractivity contribution >= 4 is 34.4 Å². The quantitative estimate of drug-likeness (QED) is 0.128. The molecule has 5 heterocycles. The van der Waals surface area contributed by atoms with Gasteiger partial charge in [0.2, 0.25) is 17.7 Å². The van der Waals surface area contributed by atoms with Gasteiger partial charge in [0.1, 0.15) is 0 Å². The lowest BCUT2D eigenvalue weighted by molar-refractivity contribution is -0.134. The summed E-state index contributed by atoms with van der Waals surface area (Å²) in [6.45, 7) is 14.7.